The van der Waals surface area contributed by atoms with E-state index in [1.807, 2.05) is 0 Å². The second-order valence-corrected chi connectivity index (χ2v) is 3.76. The third-order valence-corrected chi connectivity index (χ3v) is 3.04. The molecule has 1 unspecified atom stereocenters. The molecule has 0 aromatic heterocycles. The molecule has 12 heavy (non-hydrogen) atoms. The highest BCUT2D eigenvalue weighted by atomic mass is 16.3. The van der Waals surface area contributed by atoms with Gasteiger partial charge in [0.05, 0.1) is 0 Å². The smallest absolute Gasteiger partial charge is 0.130 e. The van der Waals surface area contributed by atoms with Crippen molar-refractivity contribution in [2.24, 2.45) is 11.8 Å². The first-order valence-corrected chi connectivity index (χ1v) is 4.89. The Kier molecular flexibility index (Phi) is 2.80. The van der Waals surface area contributed by atoms with Gasteiger partial charge in [0, 0.05) is 0 Å². The van der Waals surface area contributed by atoms with Crippen LogP contribution in [0.4, 0.5) is 0 Å². The van der Waals surface area contributed by atoms with Gasteiger partial charge in [-0.1, -0.05) is 19.8 Å². The van der Waals surface area contributed by atoms with Crippen molar-refractivity contribution in [3.8, 4) is 12.3 Å². The lowest BCUT2D eigenvalue weighted by Gasteiger charge is -2.30. The predicted octanol–water partition coefficient (Wildman–Crippen LogP) is 2.20. The minimum absolute atomic E-state index is 0.287. The molecule has 0 amide bonds. The summed E-state index contributed by atoms with van der Waals surface area (Å²) in [4.78, 5) is 0. The number of terminal acetylenes is 1. The van der Waals surface area contributed by atoms with Crippen LogP contribution in [0, 0.1) is 24.2 Å². The number of hydrogen-bond acceptors (Lipinski definition) is 1. The second-order valence-electron chi connectivity index (χ2n) is 3.76. The van der Waals surface area contributed by atoms with Crippen LogP contribution < -0.4 is 0 Å². The van der Waals surface area contributed by atoms with Crippen LogP contribution in [0.1, 0.15) is 39.5 Å². The summed E-state index contributed by atoms with van der Waals surface area (Å²) in [5.74, 6) is 3.27. The van der Waals surface area contributed by atoms with Gasteiger partial charge in [-0.05, 0) is 37.5 Å². The van der Waals surface area contributed by atoms with Crippen molar-refractivity contribution >= 4 is 0 Å². The molecule has 1 aliphatic carbocycles. The maximum atomic E-state index is 10.2. The largest absolute Gasteiger partial charge is 0.377 e. The zero-order valence-electron chi connectivity index (χ0n) is 8.01. The molecule has 68 valence electrons. The van der Waals surface area contributed by atoms with E-state index in [0.29, 0.717) is 5.92 Å². The van der Waals surface area contributed by atoms with Gasteiger partial charge in [-0.15, -0.1) is 6.42 Å². The van der Waals surface area contributed by atoms with Crippen molar-refractivity contribution in [1.29, 1.82) is 0 Å². The molecule has 1 heteroatoms. The summed E-state index contributed by atoms with van der Waals surface area (Å²) in [5, 5.41) is 10.2. The summed E-state index contributed by atoms with van der Waals surface area (Å²) in [7, 11) is 0. The molecule has 1 aliphatic rings. The van der Waals surface area contributed by atoms with Gasteiger partial charge >= 0.3 is 0 Å². The van der Waals surface area contributed by atoms with Crippen LogP contribution in [0.5, 0.6) is 0 Å². The molecular weight excluding hydrogens is 148 g/mol. The van der Waals surface area contributed by atoms with Crippen LogP contribution in [0.3, 0.4) is 0 Å². The van der Waals surface area contributed by atoms with Gasteiger partial charge in [-0.2, -0.15) is 0 Å². The Labute approximate surface area is 75.2 Å². The SMILES string of the molecule is C#CC(O)(C(CC)CC)C1CC1. The van der Waals surface area contributed by atoms with E-state index in [1.54, 1.807) is 0 Å². The first-order valence-electron chi connectivity index (χ1n) is 4.89. The third-order valence-electron chi connectivity index (χ3n) is 3.04. The van der Waals surface area contributed by atoms with E-state index in [1.165, 1.54) is 0 Å². The zero-order valence-corrected chi connectivity index (χ0v) is 8.01. The summed E-state index contributed by atoms with van der Waals surface area (Å²) in [5.41, 5.74) is -0.802. The maximum absolute atomic E-state index is 10.2. The average molecular weight is 166 g/mol. The standard InChI is InChI=1S/C11H18O/c1-4-9(5-2)11(12,6-3)10-7-8-10/h3,9-10,12H,4-5,7-8H2,1-2H3. The van der Waals surface area contributed by atoms with Crippen molar-refractivity contribution < 1.29 is 5.11 Å². The number of aliphatic hydroxyl groups is 1. The molecule has 0 heterocycles. The van der Waals surface area contributed by atoms with Crippen molar-refractivity contribution in [1.82, 2.24) is 0 Å². The lowest BCUT2D eigenvalue weighted by Crippen LogP contribution is -2.38. The fourth-order valence-electron chi connectivity index (χ4n) is 2.00. The summed E-state index contributed by atoms with van der Waals surface area (Å²) < 4.78 is 0. The van der Waals surface area contributed by atoms with Crippen LogP contribution in [-0.4, -0.2) is 10.7 Å². The lowest BCUT2D eigenvalue weighted by atomic mass is 9.80. The fraction of sp³-hybridized carbons (Fsp3) is 0.818. The molecule has 0 aromatic rings. The van der Waals surface area contributed by atoms with E-state index < -0.39 is 5.60 Å². The van der Waals surface area contributed by atoms with Crippen molar-refractivity contribution in [3.05, 3.63) is 0 Å². The molecule has 1 fully saturated rings. The molecule has 1 N–H and O–H groups in total. The third kappa shape index (κ3) is 1.49. The van der Waals surface area contributed by atoms with Gasteiger partial charge in [0.2, 0.25) is 0 Å². The van der Waals surface area contributed by atoms with Gasteiger partial charge in [-0.25, -0.2) is 0 Å². The second kappa shape index (κ2) is 3.49. The molecular formula is C11H18O. The summed E-state index contributed by atoms with van der Waals surface area (Å²) in [6, 6.07) is 0. The molecule has 1 rings (SSSR count). The monoisotopic (exact) mass is 166 g/mol. The van der Waals surface area contributed by atoms with E-state index >= 15 is 0 Å². The number of hydrogen-bond donors (Lipinski definition) is 1. The number of rotatable bonds is 4. The molecule has 0 bridgehead atoms. The Morgan fingerprint density at radius 1 is 1.50 bits per heavy atom. The molecule has 0 aromatic carbocycles. The Morgan fingerprint density at radius 3 is 2.25 bits per heavy atom. The summed E-state index contributed by atoms with van der Waals surface area (Å²) >= 11 is 0. The van der Waals surface area contributed by atoms with Crippen LogP contribution in [-0.2, 0) is 0 Å². The summed E-state index contributed by atoms with van der Waals surface area (Å²) in [6.45, 7) is 4.19. The van der Waals surface area contributed by atoms with E-state index in [2.05, 4.69) is 19.8 Å². The van der Waals surface area contributed by atoms with Crippen LogP contribution >= 0.6 is 0 Å². The van der Waals surface area contributed by atoms with Gasteiger partial charge in [0.25, 0.3) is 0 Å². The molecule has 0 spiro atoms. The van der Waals surface area contributed by atoms with Gasteiger partial charge in [0.15, 0.2) is 0 Å². The van der Waals surface area contributed by atoms with Crippen molar-refractivity contribution in [3.63, 3.8) is 0 Å². The Bertz CT molecular complexity index is 184. The first-order chi connectivity index (χ1) is 5.69. The minimum atomic E-state index is -0.802. The van der Waals surface area contributed by atoms with Crippen LogP contribution in [0.15, 0.2) is 0 Å². The van der Waals surface area contributed by atoms with Crippen molar-refractivity contribution in [2.75, 3.05) is 0 Å². The molecule has 0 saturated heterocycles. The molecule has 0 radical (unpaired) electrons. The molecule has 1 atom stereocenters. The Balaban J connectivity index is 2.70. The zero-order chi connectivity index (χ0) is 9.19. The van der Waals surface area contributed by atoms with Gasteiger partial charge in [-0.3, -0.25) is 0 Å². The minimum Gasteiger partial charge on any atom is -0.377 e. The van der Waals surface area contributed by atoms with Gasteiger partial charge < -0.3 is 5.11 Å². The topological polar surface area (TPSA) is 20.2 Å². The predicted molar refractivity (Wildman–Crippen MR) is 50.6 cm³/mol. The highest BCUT2D eigenvalue weighted by molar-refractivity contribution is 5.16. The normalized spacial score (nSPS) is 21.9. The lowest BCUT2D eigenvalue weighted by molar-refractivity contribution is 0.0129. The highest BCUT2D eigenvalue weighted by Crippen LogP contribution is 2.45. The van der Waals surface area contributed by atoms with E-state index in [-0.39, 0.29) is 5.92 Å². The quantitative estimate of drug-likeness (QED) is 0.635. The van der Waals surface area contributed by atoms with Crippen LogP contribution in [0.2, 0.25) is 0 Å². The molecule has 1 saturated carbocycles. The fourth-order valence-corrected chi connectivity index (χ4v) is 2.00. The summed E-state index contributed by atoms with van der Waals surface area (Å²) in [6.07, 6.45) is 9.58. The van der Waals surface area contributed by atoms with E-state index in [0.717, 1.165) is 25.7 Å². The maximum Gasteiger partial charge on any atom is 0.130 e. The average Bonchev–Trinajstić information content (AvgIpc) is 2.88. The molecule has 1 nitrogen and oxygen atoms in total. The van der Waals surface area contributed by atoms with E-state index in [4.69, 9.17) is 6.42 Å². The first kappa shape index (κ1) is 9.61. The Morgan fingerprint density at radius 2 is 2.00 bits per heavy atom. The van der Waals surface area contributed by atoms with E-state index in [9.17, 15) is 5.11 Å². The van der Waals surface area contributed by atoms with Crippen LogP contribution in [0.25, 0.3) is 0 Å². The molecule has 0 aliphatic heterocycles. The van der Waals surface area contributed by atoms with Crippen molar-refractivity contribution in [2.45, 2.75) is 45.1 Å². The Hall–Kier alpha value is -0.480. The highest BCUT2D eigenvalue weighted by Gasteiger charge is 2.46. The van der Waals surface area contributed by atoms with Gasteiger partial charge in [0.1, 0.15) is 5.60 Å².